The van der Waals surface area contributed by atoms with Crippen LogP contribution in [-0.2, 0) is 0 Å². The van der Waals surface area contributed by atoms with Gasteiger partial charge in [0.1, 0.15) is 5.82 Å². The van der Waals surface area contributed by atoms with Gasteiger partial charge in [0.05, 0.1) is 17.8 Å². The Morgan fingerprint density at radius 1 is 1.03 bits per heavy atom. The molecule has 5 rings (SSSR count). The molecule has 6 heteroatoms. The summed E-state index contributed by atoms with van der Waals surface area (Å²) in [7, 11) is 0. The SMILES string of the molecule is Cc1cc(C2C(c3ccccn3)NC(=S)N2C2CCCCC2)c(C)n1-c1cccc(F)c1. The Kier molecular flexibility index (Phi) is 5.72. The van der Waals surface area contributed by atoms with Crippen LogP contribution in [0.3, 0.4) is 0 Å². The topological polar surface area (TPSA) is 33.1 Å². The second-order valence-electron chi connectivity index (χ2n) is 8.97. The third-order valence-corrected chi connectivity index (χ3v) is 7.29. The van der Waals surface area contributed by atoms with Crippen LogP contribution in [0.25, 0.3) is 5.69 Å². The molecule has 1 aliphatic heterocycles. The number of thiocarbonyl (C=S) groups is 1. The van der Waals surface area contributed by atoms with Crippen molar-refractivity contribution >= 4 is 17.3 Å². The summed E-state index contributed by atoms with van der Waals surface area (Å²) >= 11 is 5.90. The third-order valence-electron chi connectivity index (χ3n) is 6.96. The summed E-state index contributed by atoms with van der Waals surface area (Å²) in [5, 5.41) is 4.41. The maximum Gasteiger partial charge on any atom is 0.170 e. The van der Waals surface area contributed by atoms with Crippen LogP contribution >= 0.6 is 12.2 Å². The Hall–Kier alpha value is -2.73. The van der Waals surface area contributed by atoms with E-state index >= 15 is 0 Å². The lowest BCUT2D eigenvalue weighted by Crippen LogP contribution is -2.40. The van der Waals surface area contributed by atoms with E-state index in [-0.39, 0.29) is 17.9 Å². The second kappa shape index (κ2) is 8.66. The molecule has 4 nitrogen and oxygen atoms in total. The Labute approximate surface area is 194 Å². The summed E-state index contributed by atoms with van der Waals surface area (Å²) in [6.45, 7) is 4.21. The standard InChI is InChI=1S/C26H29FN4S/c1-17-15-22(18(2)30(17)21-12-8-9-19(27)16-21)25-24(23-13-6-7-14-28-23)29-26(32)31(25)20-10-4-3-5-11-20/h6-9,12-16,20,24-25H,3-5,10-11H2,1-2H3,(H,29,32). The van der Waals surface area contributed by atoms with Crippen LogP contribution < -0.4 is 5.32 Å². The molecule has 3 aromatic rings. The lowest BCUT2D eigenvalue weighted by atomic mass is 9.90. The van der Waals surface area contributed by atoms with Crippen LogP contribution in [0.5, 0.6) is 0 Å². The van der Waals surface area contributed by atoms with Gasteiger partial charge >= 0.3 is 0 Å². The van der Waals surface area contributed by atoms with Crippen molar-refractivity contribution in [3.63, 3.8) is 0 Å². The fourth-order valence-corrected chi connectivity index (χ4v) is 5.94. The molecule has 0 spiro atoms. The van der Waals surface area contributed by atoms with Crippen molar-refractivity contribution in [3.05, 3.63) is 83.2 Å². The molecular formula is C26H29FN4S. The molecule has 0 amide bonds. The Morgan fingerprint density at radius 3 is 2.56 bits per heavy atom. The minimum atomic E-state index is -0.226. The summed E-state index contributed by atoms with van der Waals surface area (Å²) in [6.07, 6.45) is 7.95. The highest BCUT2D eigenvalue weighted by Crippen LogP contribution is 2.44. The van der Waals surface area contributed by atoms with E-state index in [0.29, 0.717) is 6.04 Å². The average molecular weight is 449 g/mol. The molecule has 2 atom stereocenters. The molecule has 32 heavy (non-hydrogen) atoms. The van der Waals surface area contributed by atoms with Gasteiger partial charge in [-0.3, -0.25) is 4.98 Å². The molecule has 2 aliphatic rings. The average Bonchev–Trinajstić information content (AvgIpc) is 3.30. The van der Waals surface area contributed by atoms with Gasteiger partial charge in [-0.25, -0.2) is 4.39 Å². The third kappa shape index (κ3) is 3.71. The highest BCUT2D eigenvalue weighted by molar-refractivity contribution is 7.80. The number of aryl methyl sites for hydroxylation is 1. The van der Waals surface area contributed by atoms with E-state index in [1.807, 2.05) is 24.4 Å². The van der Waals surface area contributed by atoms with Crippen molar-refractivity contribution in [1.82, 2.24) is 19.8 Å². The molecule has 2 aromatic heterocycles. The van der Waals surface area contributed by atoms with Gasteiger partial charge in [0.15, 0.2) is 5.11 Å². The maximum absolute atomic E-state index is 14.0. The van der Waals surface area contributed by atoms with Gasteiger partial charge in [-0.2, -0.15) is 0 Å². The summed E-state index contributed by atoms with van der Waals surface area (Å²) in [5.41, 5.74) is 5.27. The molecule has 1 saturated carbocycles. The first-order chi connectivity index (χ1) is 15.5. The van der Waals surface area contributed by atoms with Crippen molar-refractivity contribution in [2.45, 2.75) is 64.1 Å². The summed E-state index contributed by atoms with van der Waals surface area (Å²) < 4.78 is 16.2. The van der Waals surface area contributed by atoms with E-state index in [4.69, 9.17) is 12.2 Å². The summed E-state index contributed by atoms with van der Waals surface area (Å²) in [5.74, 6) is -0.226. The van der Waals surface area contributed by atoms with Crippen LogP contribution in [0, 0.1) is 19.7 Å². The number of hydrogen-bond donors (Lipinski definition) is 1. The minimum absolute atomic E-state index is 0.0212. The summed E-state index contributed by atoms with van der Waals surface area (Å²) in [4.78, 5) is 7.11. The lowest BCUT2D eigenvalue weighted by Gasteiger charge is -2.37. The van der Waals surface area contributed by atoms with Gasteiger partial charge < -0.3 is 14.8 Å². The number of nitrogens with one attached hydrogen (secondary N) is 1. The predicted molar refractivity (Wildman–Crippen MR) is 129 cm³/mol. The smallest absolute Gasteiger partial charge is 0.170 e. The van der Waals surface area contributed by atoms with Gasteiger partial charge in [0, 0.05) is 29.3 Å². The number of hydrogen-bond acceptors (Lipinski definition) is 2. The predicted octanol–water partition coefficient (Wildman–Crippen LogP) is 5.93. The van der Waals surface area contributed by atoms with Crippen LogP contribution in [0.1, 0.15) is 66.8 Å². The van der Waals surface area contributed by atoms with E-state index < -0.39 is 0 Å². The molecular weight excluding hydrogens is 419 g/mol. The Balaban J connectivity index is 1.63. The normalized spacial score (nSPS) is 21.7. The van der Waals surface area contributed by atoms with E-state index in [1.165, 1.54) is 30.9 Å². The molecule has 3 heterocycles. The van der Waals surface area contributed by atoms with Crippen LogP contribution in [0.4, 0.5) is 4.39 Å². The van der Waals surface area contributed by atoms with Gasteiger partial charge in [0.25, 0.3) is 0 Å². The van der Waals surface area contributed by atoms with Crippen molar-refractivity contribution in [1.29, 1.82) is 0 Å². The van der Waals surface area contributed by atoms with Crippen molar-refractivity contribution < 1.29 is 4.39 Å². The molecule has 2 unspecified atom stereocenters. The minimum Gasteiger partial charge on any atom is -0.352 e. The van der Waals surface area contributed by atoms with E-state index in [9.17, 15) is 4.39 Å². The molecule has 2 fully saturated rings. The van der Waals surface area contributed by atoms with Crippen LogP contribution in [0.15, 0.2) is 54.7 Å². The maximum atomic E-state index is 14.0. The number of rotatable bonds is 4. The molecule has 1 aliphatic carbocycles. The largest absolute Gasteiger partial charge is 0.352 e. The Morgan fingerprint density at radius 2 is 1.84 bits per heavy atom. The lowest BCUT2D eigenvalue weighted by molar-refractivity contribution is 0.197. The second-order valence-corrected chi connectivity index (χ2v) is 9.35. The number of nitrogens with zero attached hydrogens (tertiary/aromatic N) is 3. The Bertz CT molecular complexity index is 1120. The number of benzene rings is 1. The van der Waals surface area contributed by atoms with E-state index in [0.717, 1.165) is 40.7 Å². The fraction of sp³-hybridized carbons (Fsp3) is 0.385. The fourth-order valence-electron chi connectivity index (χ4n) is 5.55. The first-order valence-electron chi connectivity index (χ1n) is 11.5. The monoisotopic (exact) mass is 448 g/mol. The van der Waals surface area contributed by atoms with Gasteiger partial charge in [-0.05, 0) is 80.9 Å². The summed E-state index contributed by atoms with van der Waals surface area (Å²) in [6, 6.07) is 15.6. The quantitative estimate of drug-likeness (QED) is 0.501. The highest BCUT2D eigenvalue weighted by Gasteiger charge is 2.44. The van der Waals surface area contributed by atoms with E-state index in [2.05, 4.69) is 45.7 Å². The van der Waals surface area contributed by atoms with Crippen LogP contribution in [0.2, 0.25) is 0 Å². The van der Waals surface area contributed by atoms with Crippen molar-refractivity contribution in [2.24, 2.45) is 0 Å². The molecule has 166 valence electrons. The molecule has 1 N–H and O–H groups in total. The van der Waals surface area contributed by atoms with Gasteiger partial charge in [-0.1, -0.05) is 31.4 Å². The zero-order valence-electron chi connectivity index (χ0n) is 18.6. The van der Waals surface area contributed by atoms with E-state index in [1.54, 1.807) is 12.1 Å². The first kappa shape index (κ1) is 21.1. The van der Waals surface area contributed by atoms with Crippen molar-refractivity contribution in [3.8, 4) is 5.69 Å². The molecule has 0 bridgehead atoms. The molecule has 1 saturated heterocycles. The highest BCUT2D eigenvalue weighted by atomic mass is 32.1. The number of halogens is 1. The van der Waals surface area contributed by atoms with Gasteiger partial charge in [-0.15, -0.1) is 0 Å². The van der Waals surface area contributed by atoms with Gasteiger partial charge in [0.2, 0.25) is 0 Å². The zero-order chi connectivity index (χ0) is 22.2. The number of pyridine rings is 1. The van der Waals surface area contributed by atoms with Crippen LogP contribution in [-0.4, -0.2) is 25.6 Å². The van der Waals surface area contributed by atoms with Crippen molar-refractivity contribution in [2.75, 3.05) is 0 Å². The first-order valence-corrected chi connectivity index (χ1v) is 11.9. The molecule has 1 aromatic carbocycles. The molecule has 0 radical (unpaired) electrons. The number of aromatic nitrogens is 2. The zero-order valence-corrected chi connectivity index (χ0v) is 19.4.